The molecule has 0 saturated carbocycles. The maximum absolute atomic E-state index is 5.96. The number of nitrogens with one attached hydrogen (secondary N) is 1. The molecule has 7 heteroatoms. The van der Waals surface area contributed by atoms with Gasteiger partial charge in [-0.2, -0.15) is 0 Å². The number of nitrogen functional groups attached to an aromatic ring is 1. The van der Waals surface area contributed by atoms with E-state index in [9.17, 15) is 0 Å². The van der Waals surface area contributed by atoms with Crippen LogP contribution in [0.2, 0.25) is 0 Å². The number of nitrogens with two attached hydrogens (primary N) is 1. The molecule has 3 aromatic rings. The van der Waals surface area contributed by atoms with E-state index in [0.29, 0.717) is 24.2 Å². The summed E-state index contributed by atoms with van der Waals surface area (Å²) in [5.41, 5.74) is 8.81. The Kier molecular flexibility index (Phi) is 5.53. The Balaban J connectivity index is 1.34. The fourth-order valence-electron chi connectivity index (χ4n) is 3.46. The highest BCUT2D eigenvalue weighted by atomic mass is 16.5. The standard InChI is InChI=1S/C21H26N6O/c1-27-8-5-15(6-9-27)13-28-20-10-16(4-7-23-20)12-24-17-2-3-18-19(11-17)25-14-26-21(18)22/h2-4,7,10-11,14-15,24H,5-6,8-9,12-13H2,1H3,(H2,22,25,26). The SMILES string of the molecule is CN1CCC(COc2cc(CNc3ccc4c(N)ncnc4c3)ccn2)CC1. The Labute approximate surface area is 165 Å². The minimum absolute atomic E-state index is 0.497. The van der Waals surface area contributed by atoms with Crippen molar-refractivity contribution < 1.29 is 4.74 Å². The first-order valence-corrected chi connectivity index (χ1v) is 9.68. The van der Waals surface area contributed by atoms with E-state index in [-0.39, 0.29) is 0 Å². The second-order valence-electron chi connectivity index (χ2n) is 7.40. The number of pyridine rings is 1. The first kappa shape index (κ1) is 18.4. The van der Waals surface area contributed by atoms with E-state index in [1.165, 1.54) is 19.2 Å². The van der Waals surface area contributed by atoms with E-state index in [0.717, 1.165) is 41.9 Å². The molecule has 1 aliphatic rings. The maximum Gasteiger partial charge on any atom is 0.213 e. The fraction of sp³-hybridized carbons (Fsp3) is 0.381. The highest BCUT2D eigenvalue weighted by Gasteiger charge is 2.17. The maximum atomic E-state index is 5.96. The number of piperidine rings is 1. The van der Waals surface area contributed by atoms with Crippen molar-refractivity contribution in [2.45, 2.75) is 19.4 Å². The molecule has 2 aromatic heterocycles. The molecule has 28 heavy (non-hydrogen) atoms. The second kappa shape index (κ2) is 8.39. The number of benzene rings is 1. The van der Waals surface area contributed by atoms with Gasteiger partial charge in [0.2, 0.25) is 5.88 Å². The van der Waals surface area contributed by atoms with Crippen LogP contribution in [0, 0.1) is 5.92 Å². The molecule has 0 spiro atoms. The van der Waals surface area contributed by atoms with Gasteiger partial charge in [-0.3, -0.25) is 0 Å². The quantitative estimate of drug-likeness (QED) is 0.682. The van der Waals surface area contributed by atoms with Crippen LogP contribution in [-0.2, 0) is 6.54 Å². The third-order valence-electron chi connectivity index (χ3n) is 5.27. The van der Waals surface area contributed by atoms with Crippen molar-refractivity contribution in [2.24, 2.45) is 5.92 Å². The van der Waals surface area contributed by atoms with Crippen LogP contribution in [0.15, 0.2) is 42.9 Å². The van der Waals surface area contributed by atoms with E-state index in [2.05, 4.69) is 32.2 Å². The Morgan fingerprint density at radius 2 is 2.00 bits per heavy atom. The van der Waals surface area contributed by atoms with Crippen molar-refractivity contribution in [3.63, 3.8) is 0 Å². The molecule has 146 valence electrons. The number of hydrogen-bond acceptors (Lipinski definition) is 7. The van der Waals surface area contributed by atoms with Crippen LogP contribution in [0.25, 0.3) is 10.9 Å². The molecule has 0 atom stereocenters. The topological polar surface area (TPSA) is 89.2 Å². The first-order valence-electron chi connectivity index (χ1n) is 9.68. The molecule has 0 bridgehead atoms. The van der Waals surface area contributed by atoms with Gasteiger partial charge in [-0.1, -0.05) is 0 Å². The Morgan fingerprint density at radius 3 is 2.86 bits per heavy atom. The first-order chi connectivity index (χ1) is 13.7. The lowest BCUT2D eigenvalue weighted by Gasteiger charge is -2.28. The Hall–Kier alpha value is -2.93. The smallest absolute Gasteiger partial charge is 0.213 e. The van der Waals surface area contributed by atoms with Gasteiger partial charge in [0.1, 0.15) is 12.1 Å². The van der Waals surface area contributed by atoms with Crippen LogP contribution < -0.4 is 15.8 Å². The van der Waals surface area contributed by atoms with Gasteiger partial charge in [0.25, 0.3) is 0 Å². The predicted molar refractivity (Wildman–Crippen MR) is 111 cm³/mol. The molecule has 0 radical (unpaired) electrons. The third-order valence-corrected chi connectivity index (χ3v) is 5.27. The molecule has 3 N–H and O–H groups in total. The summed E-state index contributed by atoms with van der Waals surface area (Å²) in [7, 11) is 2.17. The largest absolute Gasteiger partial charge is 0.477 e. The normalized spacial score (nSPS) is 15.6. The number of anilines is 2. The average Bonchev–Trinajstić information content (AvgIpc) is 2.72. The minimum atomic E-state index is 0.497. The number of ether oxygens (including phenoxy) is 1. The lowest BCUT2D eigenvalue weighted by molar-refractivity contribution is 0.157. The number of hydrogen-bond donors (Lipinski definition) is 2. The lowest BCUT2D eigenvalue weighted by atomic mass is 9.98. The number of likely N-dealkylation sites (tertiary alicyclic amines) is 1. The molecule has 7 nitrogen and oxygen atoms in total. The zero-order valence-electron chi connectivity index (χ0n) is 16.1. The molecule has 0 amide bonds. The van der Waals surface area contributed by atoms with E-state index < -0.39 is 0 Å². The molecule has 0 unspecified atom stereocenters. The van der Waals surface area contributed by atoms with Gasteiger partial charge in [0, 0.05) is 29.9 Å². The fourth-order valence-corrected chi connectivity index (χ4v) is 3.46. The molecule has 4 rings (SSSR count). The molecule has 1 saturated heterocycles. The third kappa shape index (κ3) is 4.48. The van der Waals surface area contributed by atoms with E-state index in [1.54, 1.807) is 6.20 Å². The van der Waals surface area contributed by atoms with Crippen molar-refractivity contribution >= 4 is 22.4 Å². The second-order valence-corrected chi connectivity index (χ2v) is 7.40. The van der Waals surface area contributed by atoms with Crippen LogP contribution in [0.3, 0.4) is 0 Å². The van der Waals surface area contributed by atoms with Crippen LogP contribution in [0.1, 0.15) is 18.4 Å². The van der Waals surface area contributed by atoms with Gasteiger partial charge in [-0.25, -0.2) is 15.0 Å². The van der Waals surface area contributed by atoms with Gasteiger partial charge >= 0.3 is 0 Å². The monoisotopic (exact) mass is 378 g/mol. The summed E-state index contributed by atoms with van der Waals surface area (Å²) in [6.45, 7) is 3.71. The number of nitrogens with zero attached hydrogens (tertiary/aromatic N) is 4. The van der Waals surface area contributed by atoms with E-state index >= 15 is 0 Å². The van der Waals surface area contributed by atoms with Crippen LogP contribution in [0.4, 0.5) is 11.5 Å². The number of fused-ring (bicyclic) bond motifs is 1. The molecule has 1 aliphatic heterocycles. The van der Waals surface area contributed by atoms with Gasteiger partial charge in [-0.05, 0) is 68.7 Å². The molecule has 0 aliphatic carbocycles. The Morgan fingerprint density at radius 1 is 1.14 bits per heavy atom. The summed E-state index contributed by atoms with van der Waals surface area (Å²) in [4.78, 5) is 15.0. The molecule has 1 aromatic carbocycles. The van der Waals surface area contributed by atoms with Crippen molar-refractivity contribution in [3.8, 4) is 5.88 Å². The van der Waals surface area contributed by atoms with Crippen molar-refractivity contribution in [1.82, 2.24) is 19.9 Å². The lowest BCUT2D eigenvalue weighted by Crippen LogP contribution is -2.32. The van der Waals surface area contributed by atoms with Crippen LogP contribution >= 0.6 is 0 Å². The summed E-state index contributed by atoms with van der Waals surface area (Å²) in [6, 6.07) is 9.91. The van der Waals surface area contributed by atoms with E-state index in [4.69, 9.17) is 10.5 Å². The van der Waals surface area contributed by atoms with E-state index in [1.807, 2.05) is 30.3 Å². The average molecular weight is 378 g/mol. The van der Waals surface area contributed by atoms with Crippen LogP contribution in [0.5, 0.6) is 5.88 Å². The Bertz CT molecular complexity index is 939. The highest BCUT2D eigenvalue weighted by molar-refractivity contribution is 5.89. The number of rotatable bonds is 6. The predicted octanol–water partition coefficient (Wildman–Crippen LogP) is 2.94. The van der Waals surface area contributed by atoms with Gasteiger partial charge in [0.15, 0.2) is 0 Å². The molecular formula is C21H26N6O. The molecule has 1 fully saturated rings. The number of aromatic nitrogens is 3. The zero-order valence-corrected chi connectivity index (χ0v) is 16.1. The summed E-state index contributed by atoms with van der Waals surface area (Å²) >= 11 is 0. The minimum Gasteiger partial charge on any atom is -0.477 e. The highest BCUT2D eigenvalue weighted by Crippen LogP contribution is 2.22. The summed E-state index contributed by atoms with van der Waals surface area (Å²) in [5.74, 6) is 1.81. The molecular weight excluding hydrogens is 352 g/mol. The summed E-state index contributed by atoms with van der Waals surface area (Å²) in [6.07, 6.45) is 5.66. The van der Waals surface area contributed by atoms with Gasteiger partial charge < -0.3 is 20.7 Å². The van der Waals surface area contributed by atoms with Crippen molar-refractivity contribution in [3.05, 3.63) is 48.4 Å². The zero-order chi connectivity index (χ0) is 19.3. The van der Waals surface area contributed by atoms with Gasteiger partial charge in [-0.15, -0.1) is 0 Å². The van der Waals surface area contributed by atoms with Crippen LogP contribution in [-0.4, -0.2) is 46.6 Å². The summed E-state index contributed by atoms with van der Waals surface area (Å²) in [5, 5.41) is 4.28. The summed E-state index contributed by atoms with van der Waals surface area (Å²) < 4.78 is 5.96. The van der Waals surface area contributed by atoms with Gasteiger partial charge in [0.05, 0.1) is 12.1 Å². The van der Waals surface area contributed by atoms with Crippen molar-refractivity contribution in [1.29, 1.82) is 0 Å². The molecule has 3 heterocycles. The van der Waals surface area contributed by atoms with Crippen molar-refractivity contribution in [2.75, 3.05) is 37.8 Å².